The van der Waals surface area contributed by atoms with Crippen LogP contribution in [0.2, 0.25) is 5.02 Å². The van der Waals surface area contributed by atoms with Gasteiger partial charge in [0.15, 0.2) is 0 Å². The van der Waals surface area contributed by atoms with E-state index in [4.69, 9.17) is 16.3 Å². The van der Waals surface area contributed by atoms with Crippen LogP contribution in [0.15, 0.2) is 58.7 Å². The van der Waals surface area contributed by atoms with Crippen molar-refractivity contribution in [2.24, 2.45) is 5.10 Å². The van der Waals surface area contributed by atoms with E-state index in [9.17, 15) is 18.8 Å². The molecule has 0 aliphatic carbocycles. The van der Waals surface area contributed by atoms with Gasteiger partial charge in [-0.25, -0.2) is 19.2 Å². The smallest absolute Gasteiger partial charge is 0.280 e. The predicted molar refractivity (Wildman–Crippen MR) is 128 cm³/mol. The maximum Gasteiger partial charge on any atom is 0.280 e. The summed E-state index contributed by atoms with van der Waals surface area (Å²) in [6, 6.07) is 15.1. The molecule has 3 aromatic rings. The van der Waals surface area contributed by atoms with Gasteiger partial charge in [-0.3, -0.25) is 4.79 Å². The number of hydrogen-bond donors (Lipinski definition) is 1. The number of pyridine rings is 1. The number of carbonyl (C=O) groups excluding carboxylic acids is 1. The van der Waals surface area contributed by atoms with Crippen LogP contribution in [0.4, 0.5) is 8.78 Å². The van der Waals surface area contributed by atoms with E-state index in [1.54, 1.807) is 49.4 Å². The molecule has 2 aromatic carbocycles. The van der Waals surface area contributed by atoms with Gasteiger partial charge in [-0.15, -0.1) is 11.8 Å². The van der Waals surface area contributed by atoms with E-state index in [1.165, 1.54) is 19.4 Å². The molecule has 1 aromatic heterocycles. The van der Waals surface area contributed by atoms with Crippen molar-refractivity contribution in [3.63, 3.8) is 0 Å². The van der Waals surface area contributed by atoms with Crippen molar-refractivity contribution in [2.45, 2.75) is 24.1 Å². The SMILES string of the molecule is COc1ccc(/C=N\NC(=O)c2ccccc2Cl)cc1CSc1nc(C(F)F)cc(C)c1C#N. The van der Waals surface area contributed by atoms with E-state index in [0.717, 1.165) is 17.3 Å². The minimum Gasteiger partial charge on any atom is -0.496 e. The molecule has 6 nitrogen and oxygen atoms in total. The highest BCUT2D eigenvalue weighted by atomic mass is 35.5. The third-order valence-corrected chi connectivity index (χ3v) is 6.06. The molecule has 1 N–H and O–H groups in total. The van der Waals surface area contributed by atoms with Crippen molar-refractivity contribution in [3.8, 4) is 11.8 Å². The first-order valence-electron chi connectivity index (χ1n) is 9.91. The van der Waals surface area contributed by atoms with Crippen molar-refractivity contribution in [3.05, 3.63) is 87.1 Å². The van der Waals surface area contributed by atoms with E-state index < -0.39 is 12.3 Å². The van der Waals surface area contributed by atoms with Crippen molar-refractivity contribution in [1.29, 1.82) is 5.26 Å². The fourth-order valence-corrected chi connectivity index (χ4v) is 4.29. The Bertz CT molecular complexity index is 1280. The van der Waals surface area contributed by atoms with Crippen molar-refractivity contribution < 1.29 is 18.3 Å². The summed E-state index contributed by atoms with van der Waals surface area (Å²) in [7, 11) is 1.52. The van der Waals surface area contributed by atoms with Crippen LogP contribution in [-0.4, -0.2) is 24.2 Å². The summed E-state index contributed by atoms with van der Waals surface area (Å²) in [5.41, 5.74) is 4.46. The monoisotopic (exact) mass is 500 g/mol. The van der Waals surface area contributed by atoms with Crippen LogP contribution in [0.25, 0.3) is 0 Å². The molecule has 3 rings (SSSR count). The molecule has 0 saturated carbocycles. The summed E-state index contributed by atoms with van der Waals surface area (Å²) in [5, 5.41) is 14.0. The quantitative estimate of drug-likeness (QED) is 0.236. The number of hydrogen-bond acceptors (Lipinski definition) is 6. The van der Waals surface area contributed by atoms with Crippen molar-refractivity contribution >= 4 is 35.5 Å². The Labute approximate surface area is 204 Å². The predicted octanol–water partition coefficient (Wildman–Crippen LogP) is 5.92. The van der Waals surface area contributed by atoms with Crippen LogP contribution in [0.3, 0.4) is 0 Å². The number of nitrogens with zero attached hydrogens (tertiary/aromatic N) is 3. The molecule has 0 bridgehead atoms. The van der Waals surface area contributed by atoms with Gasteiger partial charge in [0.2, 0.25) is 0 Å². The number of thioether (sulfide) groups is 1. The number of hydrazone groups is 1. The fraction of sp³-hybridized carbons (Fsp3) is 0.167. The van der Waals surface area contributed by atoms with Crippen LogP contribution in [0.5, 0.6) is 5.75 Å². The van der Waals surface area contributed by atoms with Gasteiger partial charge >= 0.3 is 0 Å². The standard InChI is InChI=1S/C24H19ClF2N4O2S/c1-14-9-20(22(26)27)30-24(18(14)11-28)34-13-16-10-15(7-8-21(16)33-2)12-29-31-23(32)17-5-3-4-6-19(17)25/h3-10,12,22H,13H2,1-2H3,(H,31,32)/b29-12-. The second-order valence-corrected chi connectivity index (χ2v) is 8.37. The van der Waals surface area contributed by atoms with Crippen LogP contribution >= 0.6 is 23.4 Å². The van der Waals surface area contributed by atoms with Gasteiger partial charge in [0.05, 0.1) is 29.5 Å². The average Bonchev–Trinajstić information content (AvgIpc) is 2.82. The van der Waals surface area contributed by atoms with Gasteiger partial charge in [0, 0.05) is 11.3 Å². The number of rotatable bonds is 8. The van der Waals surface area contributed by atoms with Gasteiger partial charge in [-0.2, -0.15) is 10.4 Å². The number of amides is 1. The minimum atomic E-state index is -2.74. The van der Waals surface area contributed by atoms with Crippen LogP contribution in [0, 0.1) is 18.3 Å². The van der Waals surface area contributed by atoms with Crippen molar-refractivity contribution in [1.82, 2.24) is 10.4 Å². The number of aromatic nitrogens is 1. The first-order chi connectivity index (χ1) is 16.3. The van der Waals surface area contributed by atoms with Gasteiger partial charge in [0.1, 0.15) is 22.5 Å². The van der Waals surface area contributed by atoms with Crippen LogP contribution in [-0.2, 0) is 5.75 Å². The number of benzene rings is 2. The van der Waals surface area contributed by atoms with E-state index in [1.807, 2.05) is 6.07 Å². The Kier molecular flexibility index (Phi) is 8.57. The molecule has 0 spiro atoms. The molecule has 0 saturated heterocycles. The summed E-state index contributed by atoms with van der Waals surface area (Å²) in [6.45, 7) is 1.60. The Morgan fingerprint density at radius 2 is 2.09 bits per heavy atom. The third kappa shape index (κ3) is 6.10. The zero-order chi connectivity index (χ0) is 24.7. The minimum absolute atomic E-state index is 0.228. The third-order valence-electron chi connectivity index (χ3n) is 4.71. The Balaban J connectivity index is 1.77. The Hall–Kier alpha value is -3.48. The molecule has 0 fully saturated rings. The van der Waals surface area contributed by atoms with Gasteiger partial charge in [-0.1, -0.05) is 23.7 Å². The fourth-order valence-electron chi connectivity index (χ4n) is 3.03. The number of carbonyl (C=O) groups is 1. The normalized spacial score (nSPS) is 11.0. The summed E-state index contributed by atoms with van der Waals surface area (Å²) >= 11 is 7.18. The molecule has 1 amide bonds. The van der Waals surface area contributed by atoms with Crippen LogP contribution in [0.1, 0.15) is 44.7 Å². The van der Waals surface area contributed by atoms with Crippen molar-refractivity contribution in [2.75, 3.05) is 7.11 Å². The molecule has 0 aliphatic rings. The molecule has 174 valence electrons. The summed E-state index contributed by atoms with van der Waals surface area (Å²) in [6.07, 6.45) is -1.27. The van der Waals surface area contributed by atoms with E-state index in [2.05, 4.69) is 15.5 Å². The maximum absolute atomic E-state index is 13.2. The van der Waals surface area contributed by atoms with E-state index >= 15 is 0 Å². The lowest BCUT2D eigenvalue weighted by Crippen LogP contribution is -2.17. The molecular formula is C24H19ClF2N4O2S. The lowest BCUT2D eigenvalue weighted by Gasteiger charge is -2.11. The topological polar surface area (TPSA) is 87.4 Å². The summed E-state index contributed by atoms with van der Waals surface area (Å²) in [5.74, 6) is 0.436. The summed E-state index contributed by atoms with van der Waals surface area (Å²) < 4.78 is 31.8. The molecule has 10 heteroatoms. The van der Waals surface area contributed by atoms with Gasteiger partial charge in [0.25, 0.3) is 12.3 Å². The second kappa shape index (κ2) is 11.6. The first-order valence-corrected chi connectivity index (χ1v) is 11.3. The number of halogens is 3. The molecule has 0 atom stereocenters. The number of nitriles is 1. The molecule has 34 heavy (non-hydrogen) atoms. The molecular weight excluding hydrogens is 482 g/mol. The van der Waals surface area contributed by atoms with Crippen LogP contribution < -0.4 is 10.2 Å². The summed E-state index contributed by atoms with van der Waals surface area (Å²) in [4.78, 5) is 16.2. The zero-order valence-corrected chi connectivity index (χ0v) is 19.8. The first kappa shape index (κ1) is 25.1. The zero-order valence-electron chi connectivity index (χ0n) is 18.2. The highest BCUT2D eigenvalue weighted by Crippen LogP contribution is 2.32. The lowest BCUT2D eigenvalue weighted by atomic mass is 10.1. The number of methoxy groups -OCH3 is 1. The van der Waals surface area contributed by atoms with E-state index in [-0.39, 0.29) is 16.3 Å². The number of ether oxygens (including phenoxy) is 1. The lowest BCUT2D eigenvalue weighted by molar-refractivity contribution is 0.0955. The Morgan fingerprint density at radius 3 is 2.76 bits per heavy atom. The van der Waals surface area contributed by atoms with E-state index in [0.29, 0.717) is 33.2 Å². The highest BCUT2D eigenvalue weighted by molar-refractivity contribution is 7.98. The number of aryl methyl sites for hydroxylation is 1. The maximum atomic E-state index is 13.2. The highest BCUT2D eigenvalue weighted by Gasteiger charge is 2.17. The number of alkyl halides is 2. The van der Waals surface area contributed by atoms with Gasteiger partial charge < -0.3 is 4.74 Å². The largest absolute Gasteiger partial charge is 0.496 e. The molecule has 1 heterocycles. The second-order valence-electron chi connectivity index (χ2n) is 7.00. The molecule has 0 aliphatic heterocycles. The average molecular weight is 501 g/mol. The Morgan fingerprint density at radius 1 is 1.32 bits per heavy atom. The molecule has 0 unspecified atom stereocenters. The van der Waals surface area contributed by atoms with Gasteiger partial charge in [-0.05, 0) is 54.4 Å². The number of nitrogens with one attached hydrogen (secondary N) is 1. The molecule has 0 radical (unpaired) electrons.